The first-order valence-electron chi connectivity index (χ1n) is 11.3. The van der Waals surface area contributed by atoms with Gasteiger partial charge in [0.2, 0.25) is 21.8 Å². The highest BCUT2D eigenvalue weighted by molar-refractivity contribution is 7.92. The van der Waals surface area contributed by atoms with E-state index in [4.69, 9.17) is 0 Å². The van der Waals surface area contributed by atoms with Gasteiger partial charge in [-0.1, -0.05) is 50.2 Å². The van der Waals surface area contributed by atoms with E-state index in [1.807, 2.05) is 32.0 Å². The third-order valence-corrected chi connectivity index (χ3v) is 6.96. The second-order valence-corrected chi connectivity index (χ2v) is 11.4. The van der Waals surface area contributed by atoms with Gasteiger partial charge in [-0.15, -0.1) is 0 Å². The number of nitrogens with one attached hydrogen (secondary N) is 2. The lowest BCUT2D eigenvalue weighted by molar-refractivity contribution is -0.152. The topological polar surface area (TPSA) is 95.6 Å². The third-order valence-electron chi connectivity index (χ3n) is 6.36. The van der Waals surface area contributed by atoms with Gasteiger partial charge in [-0.2, -0.15) is 0 Å². The van der Waals surface area contributed by atoms with Crippen LogP contribution in [0.25, 0.3) is 0 Å². The molecule has 4 rings (SSSR count). The zero-order valence-electron chi connectivity index (χ0n) is 19.2. The van der Waals surface area contributed by atoms with Crippen molar-refractivity contribution in [3.05, 3.63) is 65.2 Å². The molecule has 2 N–H and O–H groups in total. The van der Waals surface area contributed by atoms with Crippen LogP contribution in [0.3, 0.4) is 0 Å². The fourth-order valence-electron chi connectivity index (χ4n) is 4.95. The molecule has 176 valence electrons. The van der Waals surface area contributed by atoms with Crippen molar-refractivity contribution in [2.24, 2.45) is 11.8 Å². The number of benzene rings is 2. The Morgan fingerprint density at radius 3 is 2.33 bits per heavy atom. The predicted octanol–water partition coefficient (Wildman–Crippen LogP) is 2.71. The van der Waals surface area contributed by atoms with Gasteiger partial charge in [0.05, 0.1) is 6.26 Å². The number of nitrogens with zero attached hydrogens (tertiary/aromatic N) is 1. The quantitative estimate of drug-likeness (QED) is 0.652. The van der Waals surface area contributed by atoms with Crippen molar-refractivity contribution in [2.75, 3.05) is 11.0 Å². The number of piperazine rings is 1. The molecule has 0 saturated carbocycles. The number of sulfonamides is 1. The molecule has 0 bridgehead atoms. The Balaban J connectivity index is 1.59. The summed E-state index contributed by atoms with van der Waals surface area (Å²) in [5, 5.41) is 3.03. The summed E-state index contributed by atoms with van der Waals surface area (Å²) in [4.78, 5) is 28.6. The Hall–Kier alpha value is -2.87. The van der Waals surface area contributed by atoms with E-state index in [0.29, 0.717) is 12.1 Å². The maximum atomic E-state index is 13.7. The van der Waals surface area contributed by atoms with Crippen LogP contribution < -0.4 is 10.0 Å². The third kappa shape index (κ3) is 5.38. The van der Waals surface area contributed by atoms with Crippen molar-refractivity contribution < 1.29 is 18.0 Å². The summed E-state index contributed by atoms with van der Waals surface area (Å²) in [6.45, 7) is 4.32. The number of fused-ring (bicyclic) bond motifs is 1. The number of hydrogen-bond acceptors (Lipinski definition) is 4. The first-order valence-corrected chi connectivity index (χ1v) is 13.2. The SMILES string of the molecule is CC(C)C[C@@H]1C(=O)N[C@H](C2Cc3ccccc3C2)C(=O)N1Cc1cccc(NS(C)(=O)=O)c1. The minimum atomic E-state index is -3.41. The summed E-state index contributed by atoms with van der Waals surface area (Å²) >= 11 is 0. The van der Waals surface area contributed by atoms with Crippen LogP contribution in [0, 0.1) is 11.8 Å². The van der Waals surface area contributed by atoms with Crippen LogP contribution in [0.1, 0.15) is 37.0 Å². The Morgan fingerprint density at radius 1 is 1.06 bits per heavy atom. The summed E-state index contributed by atoms with van der Waals surface area (Å²) in [5.74, 6) is 0.0790. The molecule has 7 nitrogen and oxygen atoms in total. The van der Waals surface area contributed by atoms with Gasteiger partial charge in [-0.25, -0.2) is 8.42 Å². The molecule has 2 aliphatic rings. The van der Waals surface area contributed by atoms with E-state index in [-0.39, 0.29) is 30.2 Å². The summed E-state index contributed by atoms with van der Waals surface area (Å²) in [5.41, 5.74) is 3.68. The number of amides is 2. The molecule has 1 heterocycles. The second-order valence-electron chi connectivity index (χ2n) is 9.61. The van der Waals surface area contributed by atoms with E-state index in [1.54, 1.807) is 23.1 Å². The molecule has 0 aromatic heterocycles. The number of carbonyl (C=O) groups is 2. The minimum absolute atomic E-state index is 0.0274. The lowest BCUT2D eigenvalue weighted by Crippen LogP contribution is -2.65. The molecule has 2 amide bonds. The summed E-state index contributed by atoms with van der Waals surface area (Å²) < 4.78 is 25.7. The smallest absolute Gasteiger partial charge is 0.246 e. The number of hydrogen-bond donors (Lipinski definition) is 2. The first kappa shape index (κ1) is 23.3. The maximum Gasteiger partial charge on any atom is 0.246 e. The normalized spacial score (nSPS) is 21.3. The summed E-state index contributed by atoms with van der Waals surface area (Å²) in [6, 6.07) is 14.0. The highest BCUT2D eigenvalue weighted by Gasteiger charge is 2.45. The number of carbonyl (C=O) groups excluding carboxylic acids is 2. The fraction of sp³-hybridized carbons (Fsp3) is 0.440. The summed E-state index contributed by atoms with van der Waals surface area (Å²) in [6.07, 6.45) is 3.20. The standard InChI is InChI=1S/C25H31N3O4S/c1-16(2)11-22-24(29)26-23(20-13-18-8-4-5-9-19(18)14-20)25(30)28(22)15-17-7-6-10-21(12-17)27-33(3,31)32/h4-10,12,16,20,22-23,27H,11,13-15H2,1-3H3,(H,26,29)/t22-,23-/m1/s1. The molecule has 1 fully saturated rings. The van der Waals surface area contributed by atoms with Crippen molar-refractivity contribution in [3.8, 4) is 0 Å². The van der Waals surface area contributed by atoms with E-state index in [1.165, 1.54) is 11.1 Å². The molecule has 1 aliphatic heterocycles. The maximum absolute atomic E-state index is 13.7. The van der Waals surface area contributed by atoms with Gasteiger partial charge in [0, 0.05) is 12.2 Å². The monoisotopic (exact) mass is 469 g/mol. The molecule has 2 atom stereocenters. The Labute approximate surface area is 195 Å². The van der Waals surface area contributed by atoms with Crippen LogP contribution in [-0.4, -0.2) is 43.5 Å². The fourth-order valence-corrected chi connectivity index (χ4v) is 5.50. The van der Waals surface area contributed by atoms with Crippen molar-refractivity contribution in [1.29, 1.82) is 0 Å². The Kier molecular flexibility index (Phi) is 6.47. The molecule has 0 spiro atoms. The van der Waals surface area contributed by atoms with Crippen LogP contribution in [-0.2, 0) is 39.0 Å². The van der Waals surface area contributed by atoms with Gasteiger partial charge >= 0.3 is 0 Å². The van der Waals surface area contributed by atoms with E-state index in [2.05, 4.69) is 22.2 Å². The van der Waals surface area contributed by atoms with Crippen molar-refractivity contribution in [3.63, 3.8) is 0 Å². The van der Waals surface area contributed by atoms with Gasteiger partial charge in [0.1, 0.15) is 12.1 Å². The lowest BCUT2D eigenvalue weighted by atomic mass is 9.90. The van der Waals surface area contributed by atoms with Crippen LogP contribution in [0.15, 0.2) is 48.5 Å². The zero-order valence-corrected chi connectivity index (χ0v) is 20.1. The van der Waals surface area contributed by atoms with E-state index in [9.17, 15) is 18.0 Å². The molecule has 33 heavy (non-hydrogen) atoms. The van der Waals surface area contributed by atoms with Gasteiger partial charge in [-0.05, 0) is 59.9 Å². The molecule has 1 saturated heterocycles. The Bertz CT molecular complexity index is 1140. The van der Waals surface area contributed by atoms with Crippen LogP contribution in [0.4, 0.5) is 5.69 Å². The van der Waals surface area contributed by atoms with Crippen LogP contribution in [0.2, 0.25) is 0 Å². The minimum Gasteiger partial charge on any atom is -0.342 e. The molecule has 8 heteroatoms. The molecule has 2 aromatic rings. The Morgan fingerprint density at radius 2 is 1.73 bits per heavy atom. The molecule has 1 aliphatic carbocycles. The van der Waals surface area contributed by atoms with Crippen molar-refractivity contribution in [2.45, 2.75) is 51.7 Å². The predicted molar refractivity (Wildman–Crippen MR) is 128 cm³/mol. The summed E-state index contributed by atoms with van der Waals surface area (Å²) in [7, 11) is -3.41. The molecule has 0 unspecified atom stereocenters. The highest BCUT2D eigenvalue weighted by atomic mass is 32.2. The molecule has 0 radical (unpaired) electrons. The van der Waals surface area contributed by atoms with Gasteiger partial charge < -0.3 is 10.2 Å². The average Bonchev–Trinajstić information content (AvgIpc) is 3.16. The van der Waals surface area contributed by atoms with E-state index >= 15 is 0 Å². The largest absolute Gasteiger partial charge is 0.342 e. The molecular weight excluding hydrogens is 438 g/mol. The van der Waals surface area contributed by atoms with Gasteiger partial charge in [0.15, 0.2) is 0 Å². The van der Waals surface area contributed by atoms with Crippen molar-refractivity contribution >= 4 is 27.5 Å². The van der Waals surface area contributed by atoms with Crippen molar-refractivity contribution in [1.82, 2.24) is 10.2 Å². The lowest BCUT2D eigenvalue weighted by Gasteiger charge is -2.41. The number of rotatable bonds is 7. The van der Waals surface area contributed by atoms with Crippen LogP contribution >= 0.6 is 0 Å². The zero-order chi connectivity index (χ0) is 23.8. The first-order chi connectivity index (χ1) is 15.6. The molecule has 2 aromatic carbocycles. The van der Waals surface area contributed by atoms with Gasteiger partial charge in [-0.3, -0.25) is 14.3 Å². The average molecular weight is 470 g/mol. The number of anilines is 1. The highest BCUT2D eigenvalue weighted by Crippen LogP contribution is 2.32. The van der Waals surface area contributed by atoms with E-state index in [0.717, 1.165) is 24.7 Å². The van der Waals surface area contributed by atoms with Gasteiger partial charge in [0.25, 0.3) is 0 Å². The van der Waals surface area contributed by atoms with Crippen LogP contribution in [0.5, 0.6) is 0 Å². The van der Waals surface area contributed by atoms with E-state index < -0.39 is 22.1 Å². The molecular formula is C25H31N3O4S. The second kappa shape index (κ2) is 9.17.